The molecule has 1 aromatic heterocycles. The summed E-state index contributed by atoms with van der Waals surface area (Å²) in [6.07, 6.45) is 2.31. The van der Waals surface area contributed by atoms with Crippen LogP contribution in [0.3, 0.4) is 0 Å². The van der Waals surface area contributed by atoms with Gasteiger partial charge in [0.25, 0.3) is 0 Å². The van der Waals surface area contributed by atoms with Crippen molar-refractivity contribution < 1.29 is 13.2 Å². The lowest BCUT2D eigenvalue weighted by atomic mass is 9.92. The Morgan fingerprint density at radius 2 is 1.80 bits per heavy atom. The number of hydrogen-bond acceptors (Lipinski definition) is 4. The standard InChI is InChI=1S/C22H32N4O3S/c1-22(2,3)19-16-20(26(24-19)17-18-10-5-4-6-11-18)23-21(27)12-9-15-30(28,29)25-13-7-8-14-25/h4-6,10-11,16H,7-9,12-15,17H2,1-3H3,(H,23,27). The van der Waals surface area contributed by atoms with Crippen molar-refractivity contribution >= 4 is 21.7 Å². The highest BCUT2D eigenvalue weighted by Crippen LogP contribution is 2.25. The molecule has 1 saturated heterocycles. The molecule has 1 aliphatic rings. The van der Waals surface area contributed by atoms with Gasteiger partial charge in [-0.3, -0.25) is 4.79 Å². The van der Waals surface area contributed by atoms with Crippen LogP contribution in [0.25, 0.3) is 0 Å². The first-order valence-electron chi connectivity index (χ1n) is 10.5. The first-order valence-corrected chi connectivity index (χ1v) is 12.2. The molecule has 1 aromatic carbocycles. The number of nitrogens with zero attached hydrogens (tertiary/aromatic N) is 3. The van der Waals surface area contributed by atoms with Crippen LogP contribution in [0.15, 0.2) is 36.4 Å². The fourth-order valence-corrected chi connectivity index (χ4v) is 5.06. The maximum absolute atomic E-state index is 12.5. The molecule has 0 radical (unpaired) electrons. The largest absolute Gasteiger partial charge is 0.311 e. The highest BCUT2D eigenvalue weighted by Gasteiger charge is 2.25. The van der Waals surface area contributed by atoms with E-state index in [1.54, 1.807) is 4.68 Å². The number of hydrogen-bond donors (Lipinski definition) is 1. The fourth-order valence-electron chi connectivity index (χ4n) is 3.48. The van der Waals surface area contributed by atoms with Crippen LogP contribution in [0.2, 0.25) is 0 Å². The molecule has 2 heterocycles. The molecule has 7 nitrogen and oxygen atoms in total. The van der Waals surface area contributed by atoms with Crippen LogP contribution >= 0.6 is 0 Å². The monoisotopic (exact) mass is 432 g/mol. The van der Waals surface area contributed by atoms with Crippen LogP contribution in [0, 0.1) is 0 Å². The topological polar surface area (TPSA) is 84.3 Å². The lowest BCUT2D eigenvalue weighted by Gasteiger charge is -2.15. The van der Waals surface area contributed by atoms with Crippen molar-refractivity contribution in [1.29, 1.82) is 0 Å². The van der Waals surface area contributed by atoms with Gasteiger partial charge < -0.3 is 5.32 Å². The lowest BCUT2D eigenvalue weighted by molar-refractivity contribution is -0.116. The summed E-state index contributed by atoms with van der Waals surface area (Å²) in [7, 11) is -3.26. The van der Waals surface area contributed by atoms with Gasteiger partial charge >= 0.3 is 0 Å². The summed E-state index contributed by atoms with van der Waals surface area (Å²) in [5, 5.41) is 7.63. The fraction of sp³-hybridized carbons (Fsp3) is 0.545. The van der Waals surface area contributed by atoms with Gasteiger partial charge in [0.05, 0.1) is 18.0 Å². The van der Waals surface area contributed by atoms with Crippen LogP contribution in [0.4, 0.5) is 5.82 Å². The van der Waals surface area contributed by atoms with E-state index in [2.05, 4.69) is 26.1 Å². The second-order valence-electron chi connectivity index (χ2n) is 8.88. The summed E-state index contributed by atoms with van der Waals surface area (Å²) in [6, 6.07) is 11.9. The molecule has 30 heavy (non-hydrogen) atoms. The van der Waals surface area contributed by atoms with Gasteiger partial charge in [0, 0.05) is 31.0 Å². The Bertz CT molecular complexity index is 956. The molecule has 1 aliphatic heterocycles. The molecule has 0 saturated carbocycles. The van der Waals surface area contributed by atoms with Gasteiger partial charge in [0.1, 0.15) is 5.82 Å². The normalized spacial score (nSPS) is 15.4. The Hall–Kier alpha value is -2.19. The molecule has 2 aromatic rings. The molecule has 0 aliphatic carbocycles. The van der Waals surface area contributed by atoms with Gasteiger partial charge in [-0.05, 0) is 24.8 Å². The summed E-state index contributed by atoms with van der Waals surface area (Å²) >= 11 is 0. The number of carbonyl (C=O) groups excluding carboxylic acids is 1. The molecule has 1 fully saturated rings. The number of benzene rings is 1. The number of anilines is 1. The molecule has 1 amide bonds. The number of aromatic nitrogens is 2. The first-order chi connectivity index (χ1) is 14.1. The van der Waals surface area contributed by atoms with Crippen molar-refractivity contribution in [3.8, 4) is 0 Å². The van der Waals surface area contributed by atoms with E-state index in [4.69, 9.17) is 5.10 Å². The zero-order chi connectivity index (χ0) is 21.8. The smallest absolute Gasteiger partial charge is 0.225 e. The number of rotatable bonds is 8. The number of carbonyl (C=O) groups is 1. The molecule has 0 spiro atoms. The summed E-state index contributed by atoms with van der Waals surface area (Å²) in [4.78, 5) is 12.5. The van der Waals surface area contributed by atoms with Gasteiger partial charge in [-0.25, -0.2) is 17.4 Å². The van der Waals surface area contributed by atoms with Crippen molar-refractivity contribution in [2.45, 2.75) is 58.4 Å². The molecule has 1 N–H and O–H groups in total. The van der Waals surface area contributed by atoms with Gasteiger partial charge in [-0.2, -0.15) is 5.10 Å². The Balaban J connectivity index is 1.64. The summed E-state index contributed by atoms with van der Waals surface area (Å²) < 4.78 is 28.0. The quantitative estimate of drug-likeness (QED) is 0.693. The molecule has 0 unspecified atom stereocenters. The Labute approximate surface area is 179 Å². The van der Waals surface area contributed by atoms with Gasteiger partial charge in [0.15, 0.2) is 0 Å². The highest BCUT2D eigenvalue weighted by molar-refractivity contribution is 7.89. The zero-order valence-electron chi connectivity index (χ0n) is 18.1. The van der Waals surface area contributed by atoms with E-state index in [0.29, 0.717) is 31.9 Å². The summed E-state index contributed by atoms with van der Waals surface area (Å²) in [5.41, 5.74) is 1.84. The second kappa shape index (κ2) is 9.31. The maximum atomic E-state index is 12.5. The van der Waals surface area contributed by atoms with Crippen LogP contribution in [0.1, 0.15) is 57.7 Å². The average molecular weight is 433 g/mol. The highest BCUT2D eigenvalue weighted by atomic mass is 32.2. The molecular weight excluding hydrogens is 400 g/mol. The van der Waals surface area contributed by atoms with E-state index in [1.165, 1.54) is 4.31 Å². The third kappa shape index (κ3) is 5.92. The van der Waals surface area contributed by atoms with E-state index in [1.807, 2.05) is 36.4 Å². The van der Waals surface area contributed by atoms with Crippen molar-refractivity contribution in [1.82, 2.24) is 14.1 Å². The van der Waals surface area contributed by atoms with E-state index < -0.39 is 10.0 Å². The minimum Gasteiger partial charge on any atom is -0.311 e. The van der Waals surface area contributed by atoms with Crippen molar-refractivity contribution in [3.05, 3.63) is 47.7 Å². The first kappa shape index (κ1) is 22.5. The SMILES string of the molecule is CC(C)(C)c1cc(NC(=O)CCCS(=O)(=O)N2CCCC2)n(Cc2ccccc2)n1. The maximum Gasteiger partial charge on any atom is 0.225 e. The summed E-state index contributed by atoms with van der Waals surface area (Å²) in [5.74, 6) is 0.453. The molecule has 8 heteroatoms. The second-order valence-corrected chi connectivity index (χ2v) is 11.0. The predicted molar refractivity (Wildman–Crippen MR) is 119 cm³/mol. The molecule has 0 bridgehead atoms. The molecule has 3 rings (SSSR count). The van der Waals surface area contributed by atoms with Crippen molar-refractivity contribution in [3.63, 3.8) is 0 Å². The number of amides is 1. The van der Waals surface area contributed by atoms with Crippen LogP contribution < -0.4 is 5.32 Å². The molecule has 164 valence electrons. The van der Waals surface area contributed by atoms with E-state index in [-0.39, 0.29) is 23.5 Å². The minimum atomic E-state index is -3.26. The van der Waals surface area contributed by atoms with Gasteiger partial charge in [-0.15, -0.1) is 0 Å². The number of nitrogens with one attached hydrogen (secondary N) is 1. The zero-order valence-corrected chi connectivity index (χ0v) is 18.9. The Morgan fingerprint density at radius 1 is 1.13 bits per heavy atom. The average Bonchev–Trinajstić information content (AvgIpc) is 3.33. The Morgan fingerprint density at radius 3 is 2.43 bits per heavy atom. The third-order valence-electron chi connectivity index (χ3n) is 5.26. The van der Waals surface area contributed by atoms with E-state index in [0.717, 1.165) is 24.1 Å². The lowest BCUT2D eigenvalue weighted by Crippen LogP contribution is -2.30. The molecular formula is C22H32N4O3S. The number of sulfonamides is 1. The Kier molecular flexibility index (Phi) is 6.98. The third-order valence-corrected chi connectivity index (χ3v) is 7.21. The van der Waals surface area contributed by atoms with Crippen molar-refractivity contribution in [2.75, 3.05) is 24.2 Å². The van der Waals surface area contributed by atoms with Crippen LogP contribution in [-0.4, -0.2) is 47.3 Å². The van der Waals surface area contributed by atoms with E-state index in [9.17, 15) is 13.2 Å². The van der Waals surface area contributed by atoms with E-state index >= 15 is 0 Å². The van der Waals surface area contributed by atoms with Crippen molar-refractivity contribution in [2.24, 2.45) is 0 Å². The van der Waals surface area contributed by atoms with Crippen LogP contribution in [-0.2, 0) is 26.8 Å². The predicted octanol–water partition coefficient (Wildman–Crippen LogP) is 3.37. The van der Waals surface area contributed by atoms with Gasteiger partial charge in [0.2, 0.25) is 15.9 Å². The summed E-state index contributed by atoms with van der Waals surface area (Å²) in [6.45, 7) is 7.99. The molecule has 0 atom stereocenters. The minimum absolute atomic E-state index is 0.0109. The van der Waals surface area contributed by atoms with Crippen LogP contribution in [0.5, 0.6) is 0 Å². The van der Waals surface area contributed by atoms with Gasteiger partial charge in [-0.1, -0.05) is 51.1 Å².